The van der Waals surface area contributed by atoms with E-state index in [4.69, 9.17) is 4.74 Å². The zero-order valence-corrected chi connectivity index (χ0v) is 18.8. The van der Waals surface area contributed by atoms with Crippen molar-refractivity contribution in [3.8, 4) is 5.69 Å². The van der Waals surface area contributed by atoms with E-state index in [2.05, 4.69) is 10.2 Å². The molecule has 4 rings (SSSR count). The summed E-state index contributed by atoms with van der Waals surface area (Å²) >= 11 is 0. The second-order valence-corrected chi connectivity index (χ2v) is 8.36. The number of carboxylic acid groups (broad SMARTS) is 1. The van der Waals surface area contributed by atoms with E-state index in [1.807, 2.05) is 19.3 Å². The largest absolute Gasteiger partial charge is 0.465 e. The first kappa shape index (κ1) is 22.7. The Morgan fingerprint density at radius 3 is 2.79 bits per heavy atom. The van der Waals surface area contributed by atoms with Gasteiger partial charge in [0.1, 0.15) is 11.4 Å². The Labute approximate surface area is 192 Å². The zero-order valence-electron chi connectivity index (χ0n) is 18.8. The molecule has 33 heavy (non-hydrogen) atoms. The molecule has 2 aromatic heterocycles. The van der Waals surface area contributed by atoms with Crippen LogP contribution in [-0.4, -0.2) is 50.0 Å². The lowest BCUT2D eigenvalue weighted by Gasteiger charge is -2.24. The molecule has 3 aromatic rings. The van der Waals surface area contributed by atoms with Crippen LogP contribution in [0.15, 0.2) is 53.7 Å². The number of carbonyl (C=O) groups is 1. The Balaban J connectivity index is 1.47. The average molecular weight is 452 g/mol. The quantitative estimate of drug-likeness (QED) is 0.563. The second kappa shape index (κ2) is 10.4. The van der Waals surface area contributed by atoms with Gasteiger partial charge in [-0.3, -0.25) is 14.4 Å². The number of nitrogens with zero attached hydrogens (tertiary/aromatic N) is 5. The number of benzene rings is 1. The van der Waals surface area contributed by atoms with E-state index < -0.39 is 6.09 Å². The van der Waals surface area contributed by atoms with E-state index >= 15 is 0 Å². The number of ether oxygens (including phenoxy) is 1. The molecule has 1 aliphatic rings. The molecule has 1 fully saturated rings. The molecule has 0 saturated heterocycles. The van der Waals surface area contributed by atoms with Gasteiger partial charge in [-0.1, -0.05) is 31.4 Å². The Morgan fingerprint density at radius 1 is 1.24 bits per heavy atom. The maximum Gasteiger partial charge on any atom is 0.411 e. The van der Waals surface area contributed by atoms with Gasteiger partial charge in [0.2, 0.25) is 5.43 Å². The predicted octanol–water partition coefficient (Wildman–Crippen LogP) is 3.39. The first-order valence-corrected chi connectivity index (χ1v) is 11.3. The van der Waals surface area contributed by atoms with Crippen molar-refractivity contribution in [3.05, 3.63) is 70.4 Å². The maximum absolute atomic E-state index is 12.4. The lowest BCUT2D eigenvalue weighted by molar-refractivity contribution is 0.0326. The van der Waals surface area contributed by atoms with Gasteiger partial charge in [-0.25, -0.2) is 9.48 Å². The monoisotopic (exact) mass is 451 g/mol. The summed E-state index contributed by atoms with van der Waals surface area (Å²) in [4.78, 5) is 25.6. The summed E-state index contributed by atoms with van der Waals surface area (Å²) in [5.74, 6) is 0. The highest BCUT2D eigenvalue weighted by molar-refractivity contribution is 5.86. The molecule has 1 N–H and O–H groups in total. The van der Waals surface area contributed by atoms with Crippen LogP contribution in [-0.2, 0) is 18.2 Å². The van der Waals surface area contributed by atoms with Crippen molar-refractivity contribution >= 4 is 11.8 Å². The maximum atomic E-state index is 12.4. The van der Waals surface area contributed by atoms with Crippen molar-refractivity contribution < 1.29 is 14.6 Å². The summed E-state index contributed by atoms with van der Waals surface area (Å²) < 4.78 is 9.19. The van der Waals surface area contributed by atoms with Crippen LogP contribution >= 0.6 is 0 Å². The van der Waals surface area contributed by atoms with E-state index in [9.17, 15) is 14.7 Å². The number of rotatable bonds is 8. The second-order valence-electron chi connectivity index (χ2n) is 8.36. The lowest BCUT2D eigenvalue weighted by atomic mass is 9.98. The fourth-order valence-corrected chi connectivity index (χ4v) is 4.15. The molecule has 1 saturated carbocycles. The molecule has 1 aromatic carbocycles. The predicted molar refractivity (Wildman–Crippen MR) is 124 cm³/mol. The van der Waals surface area contributed by atoms with Gasteiger partial charge in [0.25, 0.3) is 0 Å². The van der Waals surface area contributed by atoms with Crippen LogP contribution in [0, 0.1) is 0 Å². The van der Waals surface area contributed by atoms with Gasteiger partial charge in [-0.2, -0.15) is 10.2 Å². The minimum Gasteiger partial charge on any atom is -0.465 e. The van der Waals surface area contributed by atoms with Crippen LogP contribution in [0.1, 0.15) is 43.4 Å². The van der Waals surface area contributed by atoms with Crippen molar-refractivity contribution in [3.63, 3.8) is 0 Å². The highest BCUT2D eigenvalue weighted by Crippen LogP contribution is 2.21. The summed E-state index contributed by atoms with van der Waals surface area (Å²) in [6, 6.07) is 8.68. The highest BCUT2D eigenvalue weighted by Gasteiger charge is 2.18. The molecule has 9 nitrogen and oxygen atoms in total. The van der Waals surface area contributed by atoms with Crippen LogP contribution in [0.3, 0.4) is 0 Å². The summed E-state index contributed by atoms with van der Waals surface area (Å²) in [7, 11) is 1.81. The summed E-state index contributed by atoms with van der Waals surface area (Å²) in [6.45, 7) is 0.615. The number of aromatic nitrogens is 4. The number of anilines is 1. The SMILES string of the molecule is Cn1cc(-n2ccc(=O)c(Cc3cccc(N(CCOC4CCCCC4)C(=O)O)c3)n2)cn1. The molecule has 0 spiro atoms. The molecule has 174 valence electrons. The van der Waals surface area contributed by atoms with Gasteiger partial charge >= 0.3 is 6.09 Å². The van der Waals surface area contributed by atoms with E-state index in [0.29, 0.717) is 24.4 Å². The number of hydrogen-bond acceptors (Lipinski definition) is 5. The molecular weight excluding hydrogens is 422 g/mol. The molecule has 1 aliphatic carbocycles. The van der Waals surface area contributed by atoms with Crippen molar-refractivity contribution in [1.82, 2.24) is 19.6 Å². The molecule has 1 amide bonds. The molecular formula is C24H29N5O4. The normalized spacial score (nSPS) is 14.3. The Bertz CT molecular complexity index is 1150. The number of amides is 1. The molecule has 9 heteroatoms. The summed E-state index contributed by atoms with van der Waals surface area (Å²) in [5.41, 5.74) is 2.32. The molecule has 0 aliphatic heterocycles. The van der Waals surface area contributed by atoms with E-state index in [-0.39, 0.29) is 18.1 Å². The molecule has 0 atom stereocenters. The third-order valence-electron chi connectivity index (χ3n) is 5.88. The smallest absolute Gasteiger partial charge is 0.411 e. The minimum atomic E-state index is -1.03. The average Bonchev–Trinajstić information content (AvgIpc) is 3.25. The van der Waals surface area contributed by atoms with Crippen molar-refractivity contribution in [1.29, 1.82) is 0 Å². The third-order valence-corrected chi connectivity index (χ3v) is 5.88. The van der Waals surface area contributed by atoms with Gasteiger partial charge in [0.15, 0.2) is 0 Å². The topological polar surface area (TPSA) is 102 Å². The van der Waals surface area contributed by atoms with Crippen molar-refractivity contribution in [2.24, 2.45) is 7.05 Å². The standard InChI is InChI=1S/C24H29N5O4/c1-27-17-20(16-25-27)29-11-10-23(30)22(26-29)15-18-6-5-7-19(14-18)28(24(31)32)12-13-33-21-8-3-2-4-9-21/h5-7,10-11,14,16-17,21H,2-4,8-9,12-13,15H2,1H3,(H,31,32). The molecule has 0 radical (unpaired) electrons. The molecule has 2 heterocycles. The Hall–Kier alpha value is -3.46. The zero-order chi connectivity index (χ0) is 23.2. The van der Waals surface area contributed by atoms with Crippen LogP contribution in [0.5, 0.6) is 0 Å². The highest BCUT2D eigenvalue weighted by atomic mass is 16.5. The van der Waals surface area contributed by atoms with Crippen LogP contribution in [0.25, 0.3) is 5.69 Å². The van der Waals surface area contributed by atoms with E-state index in [1.165, 1.54) is 30.2 Å². The van der Waals surface area contributed by atoms with Gasteiger partial charge in [0, 0.05) is 31.4 Å². The van der Waals surface area contributed by atoms with Crippen LogP contribution < -0.4 is 10.3 Å². The summed E-state index contributed by atoms with van der Waals surface area (Å²) in [5, 5.41) is 18.3. The minimum absolute atomic E-state index is 0.170. The van der Waals surface area contributed by atoms with Crippen LogP contribution in [0.4, 0.5) is 10.5 Å². The van der Waals surface area contributed by atoms with E-state index in [0.717, 1.165) is 24.1 Å². The number of aryl methyl sites for hydroxylation is 1. The summed E-state index contributed by atoms with van der Waals surface area (Å²) in [6.07, 6.45) is 10.3. The van der Waals surface area contributed by atoms with Gasteiger partial charge < -0.3 is 9.84 Å². The Morgan fingerprint density at radius 2 is 2.06 bits per heavy atom. The fraction of sp³-hybridized carbons (Fsp3) is 0.417. The molecule has 0 bridgehead atoms. The van der Waals surface area contributed by atoms with Gasteiger partial charge in [0.05, 0.1) is 31.6 Å². The number of hydrogen-bond donors (Lipinski definition) is 1. The Kier molecular flexibility index (Phi) is 7.19. The van der Waals surface area contributed by atoms with Crippen LogP contribution in [0.2, 0.25) is 0 Å². The van der Waals surface area contributed by atoms with Crippen molar-refractivity contribution in [2.45, 2.75) is 44.6 Å². The fourth-order valence-electron chi connectivity index (χ4n) is 4.15. The first-order valence-electron chi connectivity index (χ1n) is 11.3. The first-order chi connectivity index (χ1) is 16.0. The van der Waals surface area contributed by atoms with E-state index in [1.54, 1.807) is 40.0 Å². The van der Waals surface area contributed by atoms with Gasteiger partial charge in [-0.05, 0) is 30.5 Å². The molecule has 0 unspecified atom stereocenters. The van der Waals surface area contributed by atoms with Crippen molar-refractivity contribution in [2.75, 3.05) is 18.1 Å². The third kappa shape index (κ3) is 5.87. The van der Waals surface area contributed by atoms with Gasteiger partial charge in [-0.15, -0.1) is 0 Å². The lowest BCUT2D eigenvalue weighted by Crippen LogP contribution is -2.34.